The van der Waals surface area contributed by atoms with Crippen LogP contribution in [0.1, 0.15) is 10.4 Å². The number of para-hydroxylation sites is 1. The Morgan fingerprint density at radius 1 is 1.10 bits per heavy atom. The summed E-state index contributed by atoms with van der Waals surface area (Å²) in [6.07, 6.45) is 0. The van der Waals surface area contributed by atoms with E-state index in [0.29, 0.717) is 5.11 Å². The lowest BCUT2D eigenvalue weighted by atomic mass is 10.2. The van der Waals surface area contributed by atoms with Gasteiger partial charge in [0.2, 0.25) is 0 Å². The molecule has 0 unspecified atom stereocenters. The van der Waals surface area contributed by atoms with Crippen molar-refractivity contribution in [2.24, 2.45) is 0 Å². The predicted molar refractivity (Wildman–Crippen MR) is 84.3 cm³/mol. The normalized spacial score (nSPS) is 9.81. The zero-order chi connectivity index (χ0) is 15.2. The molecule has 2 rings (SSSR count). The molecule has 0 fully saturated rings. The Morgan fingerprint density at radius 3 is 2.38 bits per heavy atom. The lowest BCUT2D eigenvalue weighted by Crippen LogP contribution is -2.45. The minimum atomic E-state index is -0.578. The Bertz CT molecular complexity index is 648. The van der Waals surface area contributed by atoms with E-state index < -0.39 is 11.7 Å². The average Bonchev–Trinajstić information content (AvgIpc) is 2.48. The van der Waals surface area contributed by atoms with Gasteiger partial charge >= 0.3 is 0 Å². The zero-order valence-corrected chi connectivity index (χ0v) is 12.2. The van der Waals surface area contributed by atoms with Crippen molar-refractivity contribution in [3.8, 4) is 0 Å². The summed E-state index contributed by atoms with van der Waals surface area (Å²) >= 11 is 5.17. The maximum Gasteiger partial charge on any atom is 0.272 e. The third-order valence-corrected chi connectivity index (χ3v) is 3.09. The monoisotopic (exact) mass is 303 g/mol. The molecule has 0 spiro atoms. The molecule has 0 aliphatic heterocycles. The molecular formula is C15H14FN3OS. The molecule has 0 atom stereocenters. The van der Waals surface area contributed by atoms with Crippen molar-refractivity contribution >= 4 is 28.9 Å². The van der Waals surface area contributed by atoms with Crippen molar-refractivity contribution in [2.45, 2.75) is 0 Å². The second-order valence-electron chi connectivity index (χ2n) is 4.28. The van der Waals surface area contributed by atoms with Gasteiger partial charge in [-0.15, -0.1) is 0 Å². The van der Waals surface area contributed by atoms with Gasteiger partial charge < -0.3 is 5.32 Å². The number of carbonyl (C=O) groups is 1. The number of hydrogen-bond acceptors (Lipinski definition) is 2. The molecule has 108 valence electrons. The molecule has 0 saturated carbocycles. The van der Waals surface area contributed by atoms with E-state index in [1.807, 2.05) is 30.3 Å². The van der Waals surface area contributed by atoms with Crippen LogP contribution < -0.4 is 10.7 Å². The molecule has 4 nitrogen and oxygen atoms in total. The van der Waals surface area contributed by atoms with Crippen LogP contribution in [0.4, 0.5) is 10.1 Å². The maximum atomic E-state index is 13.5. The van der Waals surface area contributed by atoms with Gasteiger partial charge in [0.05, 0.1) is 5.56 Å². The second-order valence-corrected chi connectivity index (χ2v) is 4.66. The molecule has 0 aliphatic carbocycles. The number of halogens is 1. The highest BCUT2D eigenvalue weighted by Crippen LogP contribution is 2.07. The van der Waals surface area contributed by atoms with Gasteiger partial charge in [-0.05, 0) is 36.5 Å². The van der Waals surface area contributed by atoms with Crippen molar-refractivity contribution < 1.29 is 9.18 Å². The van der Waals surface area contributed by atoms with E-state index in [4.69, 9.17) is 12.2 Å². The highest BCUT2D eigenvalue weighted by molar-refractivity contribution is 7.80. The van der Waals surface area contributed by atoms with Crippen molar-refractivity contribution in [1.29, 1.82) is 0 Å². The maximum absolute atomic E-state index is 13.5. The molecule has 0 heterocycles. The van der Waals surface area contributed by atoms with E-state index in [2.05, 4.69) is 10.7 Å². The molecule has 21 heavy (non-hydrogen) atoms. The van der Waals surface area contributed by atoms with Gasteiger partial charge in [0.25, 0.3) is 5.91 Å². The summed E-state index contributed by atoms with van der Waals surface area (Å²) in [6.45, 7) is 0. The predicted octanol–water partition coefficient (Wildman–Crippen LogP) is 2.80. The van der Waals surface area contributed by atoms with Crippen LogP contribution in [0, 0.1) is 5.82 Å². The first-order valence-corrected chi connectivity index (χ1v) is 6.64. The summed E-state index contributed by atoms with van der Waals surface area (Å²) in [5, 5.41) is 4.59. The van der Waals surface area contributed by atoms with Gasteiger partial charge in [0.15, 0.2) is 5.11 Å². The van der Waals surface area contributed by atoms with Gasteiger partial charge in [-0.3, -0.25) is 15.2 Å². The van der Waals surface area contributed by atoms with E-state index in [0.717, 1.165) is 5.69 Å². The Balaban J connectivity index is 1.98. The van der Waals surface area contributed by atoms with E-state index in [-0.39, 0.29) is 5.56 Å². The number of hydrazine groups is 1. The van der Waals surface area contributed by atoms with E-state index >= 15 is 0 Å². The van der Waals surface area contributed by atoms with Crippen LogP contribution in [0.15, 0.2) is 54.6 Å². The quantitative estimate of drug-likeness (QED) is 0.661. The fourth-order valence-corrected chi connectivity index (χ4v) is 1.80. The van der Waals surface area contributed by atoms with Crippen molar-refractivity contribution in [3.63, 3.8) is 0 Å². The molecule has 0 aliphatic rings. The third-order valence-electron chi connectivity index (χ3n) is 2.72. The van der Waals surface area contributed by atoms with Gasteiger partial charge in [-0.25, -0.2) is 4.39 Å². The van der Waals surface area contributed by atoms with Crippen molar-refractivity contribution in [3.05, 3.63) is 66.0 Å². The fourth-order valence-electron chi connectivity index (χ4n) is 1.64. The number of benzene rings is 2. The summed E-state index contributed by atoms with van der Waals surface area (Å²) < 4.78 is 13.5. The van der Waals surface area contributed by atoms with Crippen LogP contribution in [0.3, 0.4) is 0 Å². The summed E-state index contributed by atoms with van der Waals surface area (Å²) in [5.41, 5.74) is 3.27. The number of hydrogen-bond donors (Lipinski definition) is 2. The average molecular weight is 303 g/mol. The minimum Gasteiger partial charge on any atom is -0.331 e. The zero-order valence-electron chi connectivity index (χ0n) is 11.3. The van der Waals surface area contributed by atoms with Crippen LogP contribution in [-0.2, 0) is 0 Å². The second kappa shape index (κ2) is 6.81. The van der Waals surface area contributed by atoms with E-state index in [1.54, 1.807) is 13.1 Å². The Hall–Kier alpha value is -2.47. The number of anilines is 1. The van der Waals surface area contributed by atoms with Gasteiger partial charge in [-0.1, -0.05) is 30.3 Å². The highest BCUT2D eigenvalue weighted by atomic mass is 32.1. The topological polar surface area (TPSA) is 44.4 Å². The standard InChI is InChI=1S/C15H14FN3OS/c1-19(15(21)17-11-7-3-2-4-8-11)18-14(20)12-9-5-6-10-13(12)16/h2-10H,1H3,(H,17,21)(H,18,20). The molecule has 2 N–H and O–H groups in total. The summed E-state index contributed by atoms with van der Waals surface area (Å²) in [4.78, 5) is 12.0. The molecule has 2 aromatic carbocycles. The van der Waals surface area contributed by atoms with E-state index in [1.165, 1.54) is 23.2 Å². The SMILES string of the molecule is CN(NC(=O)c1ccccc1F)C(=S)Nc1ccccc1. The van der Waals surface area contributed by atoms with Crippen LogP contribution >= 0.6 is 12.2 Å². The van der Waals surface area contributed by atoms with Crippen LogP contribution in [0.5, 0.6) is 0 Å². The van der Waals surface area contributed by atoms with Gasteiger partial charge in [0.1, 0.15) is 5.82 Å². The summed E-state index contributed by atoms with van der Waals surface area (Å²) in [6, 6.07) is 15.1. The smallest absolute Gasteiger partial charge is 0.272 e. The molecule has 1 amide bonds. The van der Waals surface area contributed by atoms with Gasteiger partial charge in [0, 0.05) is 12.7 Å². The Kier molecular flexibility index (Phi) is 4.84. The van der Waals surface area contributed by atoms with Crippen LogP contribution in [0.2, 0.25) is 0 Å². The van der Waals surface area contributed by atoms with Crippen molar-refractivity contribution in [1.82, 2.24) is 10.4 Å². The first-order chi connectivity index (χ1) is 10.1. The molecule has 0 aromatic heterocycles. The summed E-state index contributed by atoms with van der Waals surface area (Å²) in [7, 11) is 1.58. The molecule has 2 aromatic rings. The number of carbonyl (C=O) groups excluding carboxylic acids is 1. The Labute approximate surface area is 127 Å². The number of nitrogens with one attached hydrogen (secondary N) is 2. The fraction of sp³-hybridized carbons (Fsp3) is 0.0667. The van der Waals surface area contributed by atoms with Crippen LogP contribution in [0.25, 0.3) is 0 Å². The lowest BCUT2D eigenvalue weighted by Gasteiger charge is -2.21. The third kappa shape index (κ3) is 4.00. The molecule has 6 heteroatoms. The van der Waals surface area contributed by atoms with E-state index in [9.17, 15) is 9.18 Å². The number of nitrogens with zero attached hydrogens (tertiary/aromatic N) is 1. The summed E-state index contributed by atoms with van der Waals surface area (Å²) in [5.74, 6) is -1.14. The molecule has 0 radical (unpaired) electrons. The Morgan fingerprint density at radius 2 is 1.71 bits per heavy atom. The molecule has 0 bridgehead atoms. The first-order valence-electron chi connectivity index (χ1n) is 6.23. The van der Waals surface area contributed by atoms with Crippen molar-refractivity contribution in [2.75, 3.05) is 12.4 Å². The number of amides is 1. The first kappa shape index (κ1) is 14.9. The largest absolute Gasteiger partial charge is 0.331 e. The minimum absolute atomic E-state index is 0.0353. The highest BCUT2D eigenvalue weighted by Gasteiger charge is 2.14. The molecule has 0 saturated heterocycles. The number of thiocarbonyl (C=S) groups is 1. The number of rotatable bonds is 2. The molecular weight excluding hydrogens is 289 g/mol. The van der Waals surface area contributed by atoms with Gasteiger partial charge in [-0.2, -0.15) is 0 Å². The lowest BCUT2D eigenvalue weighted by molar-refractivity contribution is 0.0884. The van der Waals surface area contributed by atoms with Crippen LogP contribution in [-0.4, -0.2) is 23.1 Å².